The Kier molecular flexibility index (Phi) is 7.70. The summed E-state index contributed by atoms with van der Waals surface area (Å²) in [6.45, 7) is 5.67. The van der Waals surface area contributed by atoms with Crippen LogP contribution in [0.1, 0.15) is 35.3 Å². The van der Waals surface area contributed by atoms with Crippen molar-refractivity contribution in [3.63, 3.8) is 0 Å². The van der Waals surface area contributed by atoms with E-state index in [-0.39, 0.29) is 17.9 Å². The summed E-state index contributed by atoms with van der Waals surface area (Å²) >= 11 is 1.64. The van der Waals surface area contributed by atoms with E-state index in [4.69, 9.17) is 0 Å². The van der Waals surface area contributed by atoms with Crippen LogP contribution in [0.5, 0.6) is 0 Å². The molecule has 2 heterocycles. The molecule has 8 heteroatoms. The van der Waals surface area contributed by atoms with Crippen LogP contribution >= 0.6 is 11.3 Å². The minimum absolute atomic E-state index is 0.117. The van der Waals surface area contributed by atoms with Gasteiger partial charge in [0.2, 0.25) is 5.91 Å². The number of carbonyl (C=O) groups excluding carboxylic acids is 2. The summed E-state index contributed by atoms with van der Waals surface area (Å²) in [6, 6.07) is 16.8. The Labute approximate surface area is 198 Å². The number of carbonyl (C=O) groups is 2. The van der Waals surface area contributed by atoms with E-state index < -0.39 is 0 Å². The summed E-state index contributed by atoms with van der Waals surface area (Å²) in [5, 5.41) is 8.99. The summed E-state index contributed by atoms with van der Waals surface area (Å²) in [6.07, 6.45) is 2.80. The van der Waals surface area contributed by atoms with Crippen molar-refractivity contribution >= 4 is 34.0 Å². The quantitative estimate of drug-likeness (QED) is 0.558. The maximum Gasteiger partial charge on any atom is 0.253 e. The fourth-order valence-electron chi connectivity index (χ4n) is 3.97. The smallest absolute Gasteiger partial charge is 0.253 e. The van der Waals surface area contributed by atoms with Crippen LogP contribution in [0.4, 0.5) is 10.8 Å². The standard InChI is InChI=1S/C25H29N5O2S/c1-19(20-8-3-2-4-9-20)27-24(32)21-10-5-6-11-22(21)28-23(31)18-29-13-7-14-30(16-15-29)25-26-12-17-33-25/h2-6,8-12,17,19H,7,13-16,18H2,1H3,(H,27,32)(H,28,31). The van der Waals surface area contributed by atoms with Crippen LogP contribution in [0.15, 0.2) is 66.2 Å². The molecule has 172 valence electrons. The Morgan fingerprint density at radius 1 is 1.03 bits per heavy atom. The van der Waals surface area contributed by atoms with E-state index >= 15 is 0 Å². The van der Waals surface area contributed by atoms with Gasteiger partial charge in [-0.15, -0.1) is 11.3 Å². The Morgan fingerprint density at radius 3 is 2.61 bits per heavy atom. The molecule has 3 aromatic rings. The minimum Gasteiger partial charge on any atom is -0.347 e. The molecule has 1 unspecified atom stereocenters. The molecule has 1 saturated heterocycles. The highest BCUT2D eigenvalue weighted by Gasteiger charge is 2.20. The zero-order chi connectivity index (χ0) is 23.0. The predicted molar refractivity (Wildman–Crippen MR) is 133 cm³/mol. The fraction of sp³-hybridized carbons (Fsp3) is 0.320. The molecule has 1 aliphatic heterocycles. The number of anilines is 2. The molecule has 0 saturated carbocycles. The van der Waals surface area contributed by atoms with Gasteiger partial charge in [-0.2, -0.15) is 0 Å². The van der Waals surface area contributed by atoms with Gasteiger partial charge in [-0.3, -0.25) is 14.5 Å². The molecule has 4 rings (SSSR count). The van der Waals surface area contributed by atoms with Crippen LogP contribution < -0.4 is 15.5 Å². The van der Waals surface area contributed by atoms with Crippen LogP contribution in [0.3, 0.4) is 0 Å². The van der Waals surface area contributed by atoms with Crippen molar-refractivity contribution < 1.29 is 9.59 Å². The number of aromatic nitrogens is 1. The number of thiazole rings is 1. The third kappa shape index (κ3) is 6.18. The predicted octanol–water partition coefficient (Wildman–Crippen LogP) is 3.78. The molecule has 1 aliphatic rings. The van der Waals surface area contributed by atoms with Gasteiger partial charge in [0, 0.05) is 37.8 Å². The molecule has 7 nitrogen and oxygen atoms in total. The molecule has 2 aromatic carbocycles. The maximum atomic E-state index is 12.9. The molecular formula is C25H29N5O2S. The first-order chi connectivity index (χ1) is 16.1. The van der Waals surface area contributed by atoms with Crippen LogP contribution in [-0.4, -0.2) is 54.4 Å². The van der Waals surface area contributed by atoms with Crippen LogP contribution in [-0.2, 0) is 4.79 Å². The maximum absolute atomic E-state index is 12.9. The molecule has 2 N–H and O–H groups in total. The van der Waals surface area contributed by atoms with E-state index in [0.29, 0.717) is 17.8 Å². The number of para-hydroxylation sites is 1. The summed E-state index contributed by atoms with van der Waals surface area (Å²) in [5.41, 5.74) is 2.01. The monoisotopic (exact) mass is 463 g/mol. The normalized spacial score (nSPS) is 15.5. The highest BCUT2D eigenvalue weighted by Crippen LogP contribution is 2.20. The second kappa shape index (κ2) is 11.1. The van der Waals surface area contributed by atoms with Gasteiger partial charge in [-0.25, -0.2) is 4.98 Å². The second-order valence-corrected chi connectivity index (χ2v) is 9.00. The van der Waals surface area contributed by atoms with Gasteiger partial charge in [-0.05, 0) is 31.0 Å². The Hall–Kier alpha value is -3.23. The van der Waals surface area contributed by atoms with Gasteiger partial charge in [0.1, 0.15) is 0 Å². The summed E-state index contributed by atoms with van der Waals surface area (Å²) in [7, 11) is 0. The zero-order valence-corrected chi connectivity index (χ0v) is 19.6. The average molecular weight is 464 g/mol. The number of hydrogen-bond acceptors (Lipinski definition) is 6. The van der Waals surface area contributed by atoms with Crippen LogP contribution in [0.25, 0.3) is 0 Å². The van der Waals surface area contributed by atoms with Crippen molar-refractivity contribution in [2.45, 2.75) is 19.4 Å². The first kappa shape index (κ1) is 22.9. The first-order valence-corrected chi connectivity index (χ1v) is 12.1. The molecule has 1 fully saturated rings. The van der Waals surface area contributed by atoms with E-state index in [1.165, 1.54) is 0 Å². The van der Waals surface area contributed by atoms with Gasteiger partial charge < -0.3 is 15.5 Å². The second-order valence-electron chi connectivity index (χ2n) is 8.13. The lowest BCUT2D eigenvalue weighted by atomic mass is 10.1. The van der Waals surface area contributed by atoms with Crippen LogP contribution in [0, 0.1) is 0 Å². The molecule has 0 spiro atoms. The summed E-state index contributed by atoms with van der Waals surface area (Å²) in [4.78, 5) is 34.6. The fourth-order valence-corrected chi connectivity index (χ4v) is 4.67. The van der Waals surface area contributed by atoms with Gasteiger partial charge in [0.15, 0.2) is 5.13 Å². The molecule has 1 atom stereocenters. The van der Waals surface area contributed by atoms with E-state index in [9.17, 15) is 9.59 Å². The molecule has 0 radical (unpaired) electrons. The van der Waals surface area contributed by atoms with E-state index in [0.717, 1.165) is 43.3 Å². The number of nitrogens with one attached hydrogen (secondary N) is 2. The number of rotatable bonds is 7. The number of hydrogen-bond donors (Lipinski definition) is 2. The van der Waals surface area contributed by atoms with E-state index in [1.54, 1.807) is 29.5 Å². The highest BCUT2D eigenvalue weighted by molar-refractivity contribution is 7.13. The molecule has 1 aromatic heterocycles. The Balaban J connectivity index is 1.34. The van der Waals surface area contributed by atoms with Crippen molar-refractivity contribution in [1.82, 2.24) is 15.2 Å². The van der Waals surface area contributed by atoms with Gasteiger partial charge >= 0.3 is 0 Å². The minimum atomic E-state index is -0.212. The number of nitrogens with zero attached hydrogens (tertiary/aromatic N) is 3. The molecule has 2 amide bonds. The van der Waals surface area contributed by atoms with Gasteiger partial charge in [0.25, 0.3) is 5.91 Å². The molecule has 0 aliphatic carbocycles. The Morgan fingerprint density at radius 2 is 1.82 bits per heavy atom. The van der Waals surface area contributed by atoms with E-state index in [1.807, 2.05) is 54.9 Å². The van der Waals surface area contributed by atoms with Gasteiger partial charge in [0.05, 0.1) is 23.8 Å². The van der Waals surface area contributed by atoms with Crippen molar-refractivity contribution in [3.05, 3.63) is 77.3 Å². The lowest BCUT2D eigenvalue weighted by Crippen LogP contribution is -2.36. The van der Waals surface area contributed by atoms with Crippen molar-refractivity contribution in [2.75, 3.05) is 42.9 Å². The van der Waals surface area contributed by atoms with E-state index in [2.05, 4.69) is 25.4 Å². The van der Waals surface area contributed by atoms with Crippen LogP contribution in [0.2, 0.25) is 0 Å². The summed E-state index contributed by atoms with van der Waals surface area (Å²) < 4.78 is 0. The number of benzene rings is 2. The zero-order valence-electron chi connectivity index (χ0n) is 18.7. The van der Waals surface area contributed by atoms with Crippen molar-refractivity contribution in [3.8, 4) is 0 Å². The lowest BCUT2D eigenvalue weighted by molar-refractivity contribution is -0.117. The third-order valence-corrected chi connectivity index (χ3v) is 6.57. The molecule has 0 bridgehead atoms. The average Bonchev–Trinajstić information content (AvgIpc) is 3.27. The van der Waals surface area contributed by atoms with Crippen molar-refractivity contribution in [2.24, 2.45) is 0 Å². The first-order valence-electron chi connectivity index (χ1n) is 11.2. The van der Waals surface area contributed by atoms with Crippen molar-refractivity contribution in [1.29, 1.82) is 0 Å². The molecule has 33 heavy (non-hydrogen) atoms. The lowest BCUT2D eigenvalue weighted by Gasteiger charge is -2.21. The largest absolute Gasteiger partial charge is 0.347 e. The molecular weight excluding hydrogens is 434 g/mol. The highest BCUT2D eigenvalue weighted by atomic mass is 32.1. The summed E-state index contributed by atoms with van der Waals surface area (Å²) in [5.74, 6) is -0.329. The topological polar surface area (TPSA) is 77.6 Å². The number of amides is 2. The van der Waals surface area contributed by atoms with Gasteiger partial charge in [-0.1, -0.05) is 42.5 Å². The SMILES string of the molecule is CC(NC(=O)c1ccccc1NC(=O)CN1CCCN(c2nccs2)CC1)c1ccccc1. The third-order valence-electron chi connectivity index (χ3n) is 5.74. The Bertz CT molecular complexity index is 1060.